The summed E-state index contributed by atoms with van der Waals surface area (Å²) < 4.78 is 39.5. The van der Waals surface area contributed by atoms with Gasteiger partial charge in [0.1, 0.15) is 5.82 Å². The zero-order valence-corrected chi connectivity index (χ0v) is 9.67. The molecule has 17 heavy (non-hydrogen) atoms. The number of benzene rings is 1. The van der Waals surface area contributed by atoms with Gasteiger partial charge in [0.2, 0.25) is 0 Å². The monoisotopic (exact) mass is 242 g/mol. The molecular formula is C12H13F3N2. The summed E-state index contributed by atoms with van der Waals surface area (Å²) in [5.74, 6) is 0.751. The predicted molar refractivity (Wildman–Crippen MR) is 59.8 cm³/mol. The van der Waals surface area contributed by atoms with Gasteiger partial charge in [-0.3, -0.25) is 0 Å². The SMILES string of the molecule is CCCn1c(C)nc2cc(C(F)(F)F)ccc21. The highest BCUT2D eigenvalue weighted by molar-refractivity contribution is 5.77. The van der Waals surface area contributed by atoms with E-state index in [1.54, 1.807) is 0 Å². The van der Waals surface area contributed by atoms with Gasteiger partial charge in [0.15, 0.2) is 0 Å². The van der Waals surface area contributed by atoms with E-state index in [9.17, 15) is 13.2 Å². The van der Waals surface area contributed by atoms with Crippen LogP contribution in [0.3, 0.4) is 0 Å². The summed E-state index contributed by atoms with van der Waals surface area (Å²) in [6.45, 7) is 4.60. The zero-order valence-electron chi connectivity index (χ0n) is 9.67. The van der Waals surface area contributed by atoms with Crippen LogP contribution < -0.4 is 0 Å². The second-order valence-electron chi connectivity index (χ2n) is 4.01. The molecule has 0 spiro atoms. The van der Waals surface area contributed by atoms with Crippen LogP contribution in [0.1, 0.15) is 24.7 Å². The van der Waals surface area contributed by atoms with Gasteiger partial charge >= 0.3 is 6.18 Å². The Balaban J connectivity index is 2.58. The van der Waals surface area contributed by atoms with E-state index in [2.05, 4.69) is 4.98 Å². The summed E-state index contributed by atoms with van der Waals surface area (Å²) in [5, 5.41) is 0. The molecule has 92 valence electrons. The number of hydrogen-bond donors (Lipinski definition) is 0. The Labute approximate surface area is 97.1 Å². The van der Waals surface area contributed by atoms with Gasteiger partial charge in [-0.25, -0.2) is 4.98 Å². The molecule has 0 atom stereocenters. The number of imidazole rings is 1. The van der Waals surface area contributed by atoms with Crippen LogP contribution in [-0.2, 0) is 12.7 Å². The third-order valence-electron chi connectivity index (χ3n) is 2.71. The van der Waals surface area contributed by atoms with Crippen molar-refractivity contribution in [2.24, 2.45) is 0 Å². The van der Waals surface area contributed by atoms with Crippen molar-refractivity contribution in [3.8, 4) is 0 Å². The third-order valence-corrected chi connectivity index (χ3v) is 2.71. The molecule has 2 aromatic rings. The number of hydrogen-bond acceptors (Lipinski definition) is 1. The van der Waals surface area contributed by atoms with Crippen molar-refractivity contribution in [2.45, 2.75) is 33.0 Å². The summed E-state index contributed by atoms with van der Waals surface area (Å²) in [6.07, 6.45) is -3.38. The molecular weight excluding hydrogens is 229 g/mol. The lowest BCUT2D eigenvalue weighted by molar-refractivity contribution is -0.137. The fourth-order valence-corrected chi connectivity index (χ4v) is 1.93. The smallest absolute Gasteiger partial charge is 0.328 e. The van der Waals surface area contributed by atoms with E-state index in [-0.39, 0.29) is 0 Å². The Kier molecular flexibility index (Phi) is 2.85. The van der Waals surface area contributed by atoms with Crippen LogP contribution in [0.4, 0.5) is 13.2 Å². The van der Waals surface area contributed by atoms with Crippen molar-refractivity contribution in [2.75, 3.05) is 0 Å². The molecule has 1 aromatic carbocycles. The standard InChI is InChI=1S/C12H13F3N2/c1-3-6-17-8(2)16-10-7-9(12(13,14)15)4-5-11(10)17/h4-5,7H,3,6H2,1-2H3. The van der Waals surface area contributed by atoms with Gasteiger partial charge in [0.05, 0.1) is 16.6 Å². The molecule has 1 aromatic heterocycles. The molecule has 0 aliphatic heterocycles. The second kappa shape index (κ2) is 4.05. The first-order valence-electron chi connectivity index (χ1n) is 5.47. The fourth-order valence-electron chi connectivity index (χ4n) is 1.93. The van der Waals surface area contributed by atoms with Gasteiger partial charge in [0.25, 0.3) is 0 Å². The summed E-state index contributed by atoms with van der Waals surface area (Å²) >= 11 is 0. The minimum atomic E-state index is -4.31. The Morgan fingerprint density at radius 2 is 2.00 bits per heavy atom. The molecule has 2 nitrogen and oxygen atoms in total. The fraction of sp³-hybridized carbons (Fsp3) is 0.417. The Morgan fingerprint density at radius 3 is 2.59 bits per heavy atom. The molecule has 0 amide bonds. The van der Waals surface area contributed by atoms with Crippen LogP contribution >= 0.6 is 0 Å². The molecule has 0 N–H and O–H groups in total. The minimum absolute atomic E-state index is 0.408. The number of rotatable bonds is 2. The second-order valence-corrected chi connectivity index (χ2v) is 4.01. The highest BCUT2D eigenvalue weighted by Gasteiger charge is 2.30. The van der Waals surface area contributed by atoms with Crippen molar-refractivity contribution in [3.63, 3.8) is 0 Å². The van der Waals surface area contributed by atoms with Crippen molar-refractivity contribution in [3.05, 3.63) is 29.6 Å². The van der Waals surface area contributed by atoms with Crippen LogP contribution in [0.2, 0.25) is 0 Å². The van der Waals surface area contributed by atoms with Crippen molar-refractivity contribution < 1.29 is 13.2 Å². The predicted octanol–water partition coefficient (Wildman–Crippen LogP) is 3.77. The maximum absolute atomic E-state index is 12.5. The van der Waals surface area contributed by atoms with Crippen LogP contribution in [0.25, 0.3) is 11.0 Å². The van der Waals surface area contributed by atoms with E-state index < -0.39 is 11.7 Å². The van der Waals surface area contributed by atoms with E-state index >= 15 is 0 Å². The molecule has 5 heteroatoms. The van der Waals surface area contributed by atoms with Gasteiger partial charge in [-0.2, -0.15) is 13.2 Å². The summed E-state index contributed by atoms with van der Waals surface area (Å²) in [4.78, 5) is 4.17. The Morgan fingerprint density at radius 1 is 1.29 bits per heavy atom. The average molecular weight is 242 g/mol. The lowest BCUT2D eigenvalue weighted by Gasteiger charge is -2.07. The van der Waals surface area contributed by atoms with Gasteiger partial charge in [0, 0.05) is 6.54 Å². The van der Waals surface area contributed by atoms with Crippen LogP contribution in [0.5, 0.6) is 0 Å². The molecule has 0 unspecified atom stereocenters. The molecule has 0 radical (unpaired) electrons. The minimum Gasteiger partial charge on any atom is -0.328 e. The van der Waals surface area contributed by atoms with E-state index in [0.717, 1.165) is 36.4 Å². The molecule has 1 heterocycles. The molecule has 0 bridgehead atoms. The quantitative estimate of drug-likeness (QED) is 0.783. The lowest BCUT2D eigenvalue weighted by atomic mass is 10.2. The number of alkyl halides is 3. The molecule has 0 fully saturated rings. The Hall–Kier alpha value is -1.52. The molecule has 0 aliphatic carbocycles. The number of fused-ring (bicyclic) bond motifs is 1. The van der Waals surface area contributed by atoms with E-state index in [1.165, 1.54) is 6.07 Å². The molecule has 0 aliphatic rings. The van der Waals surface area contributed by atoms with Gasteiger partial charge in [-0.15, -0.1) is 0 Å². The molecule has 0 saturated heterocycles. The van der Waals surface area contributed by atoms with E-state index in [0.29, 0.717) is 5.52 Å². The first-order chi connectivity index (χ1) is 7.93. The lowest BCUT2D eigenvalue weighted by Crippen LogP contribution is -2.04. The summed E-state index contributed by atoms with van der Waals surface area (Å²) in [6, 6.07) is 3.71. The van der Waals surface area contributed by atoms with Crippen molar-refractivity contribution in [1.29, 1.82) is 0 Å². The zero-order chi connectivity index (χ0) is 12.6. The van der Waals surface area contributed by atoms with Crippen LogP contribution in [0, 0.1) is 6.92 Å². The highest BCUT2D eigenvalue weighted by Crippen LogP contribution is 2.31. The topological polar surface area (TPSA) is 17.8 Å². The van der Waals surface area contributed by atoms with Crippen molar-refractivity contribution in [1.82, 2.24) is 9.55 Å². The third kappa shape index (κ3) is 2.14. The number of halogens is 3. The Bertz CT molecular complexity index is 540. The average Bonchev–Trinajstić information content (AvgIpc) is 2.54. The molecule has 2 rings (SSSR count). The van der Waals surface area contributed by atoms with E-state index in [1.807, 2.05) is 18.4 Å². The largest absolute Gasteiger partial charge is 0.416 e. The summed E-state index contributed by atoms with van der Waals surface area (Å²) in [7, 11) is 0. The first-order valence-corrected chi connectivity index (χ1v) is 5.47. The normalized spacial score (nSPS) is 12.3. The maximum atomic E-state index is 12.5. The van der Waals surface area contributed by atoms with Gasteiger partial charge < -0.3 is 4.57 Å². The maximum Gasteiger partial charge on any atom is 0.416 e. The van der Waals surface area contributed by atoms with Crippen molar-refractivity contribution >= 4 is 11.0 Å². The molecule has 0 saturated carbocycles. The van der Waals surface area contributed by atoms with Gasteiger partial charge in [-0.1, -0.05) is 6.92 Å². The van der Waals surface area contributed by atoms with E-state index in [4.69, 9.17) is 0 Å². The van der Waals surface area contributed by atoms with Crippen LogP contribution in [0.15, 0.2) is 18.2 Å². The highest BCUT2D eigenvalue weighted by atomic mass is 19.4. The van der Waals surface area contributed by atoms with Crippen LogP contribution in [-0.4, -0.2) is 9.55 Å². The number of aryl methyl sites for hydroxylation is 2. The number of nitrogens with zero attached hydrogens (tertiary/aromatic N) is 2. The van der Waals surface area contributed by atoms with Gasteiger partial charge in [-0.05, 0) is 31.5 Å². The number of aromatic nitrogens is 2. The summed E-state index contributed by atoms with van der Waals surface area (Å²) in [5.41, 5.74) is 0.522. The first kappa shape index (κ1) is 12.0.